The lowest BCUT2D eigenvalue weighted by atomic mass is 9.98. The zero-order chi connectivity index (χ0) is 21.2. The van der Waals surface area contributed by atoms with E-state index in [0.717, 1.165) is 45.3 Å². The molecule has 0 radical (unpaired) electrons. The van der Waals surface area contributed by atoms with Gasteiger partial charge in [0.2, 0.25) is 0 Å². The van der Waals surface area contributed by atoms with Gasteiger partial charge in [-0.15, -0.1) is 0 Å². The van der Waals surface area contributed by atoms with Crippen LogP contribution in [0, 0.1) is 0 Å². The Morgan fingerprint density at radius 3 is 2.30 bits per heavy atom. The fourth-order valence-corrected chi connectivity index (χ4v) is 4.05. The van der Waals surface area contributed by atoms with Gasteiger partial charge in [0.25, 0.3) is 0 Å². The molecule has 1 aliphatic heterocycles. The highest BCUT2D eigenvalue weighted by Gasteiger charge is 2.24. The first-order chi connectivity index (χ1) is 14.7. The zero-order valence-corrected chi connectivity index (χ0v) is 18.4. The summed E-state index contributed by atoms with van der Waals surface area (Å²) in [5.74, 6) is -0.0875. The number of carbonyl (C=O) groups excluding carboxylic acids is 1. The minimum Gasteiger partial charge on any atom is -0.466 e. The Kier molecular flexibility index (Phi) is 8.91. The van der Waals surface area contributed by atoms with Crippen molar-refractivity contribution >= 4 is 5.97 Å². The Balaban J connectivity index is 1.55. The Hall–Kier alpha value is -2.17. The molecule has 4 heteroatoms. The van der Waals surface area contributed by atoms with Gasteiger partial charge in [-0.1, -0.05) is 61.5 Å². The Morgan fingerprint density at radius 2 is 1.67 bits per heavy atom. The fraction of sp³-hybridized carbons (Fsp3) is 0.500. The molecule has 1 heterocycles. The van der Waals surface area contributed by atoms with Crippen molar-refractivity contribution in [1.29, 1.82) is 0 Å². The highest BCUT2D eigenvalue weighted by molar-refractivity contribution is 5.69. The molecule has 0 N–H and O–H groups in total. The summed E-state index contributed by atoms with van der Waals surface area (Å²) in [6.07, 6.45) is 4.69. The first-order valence-corrected chi connectivity index (χ1v) is 11.4. The van der Waals surface area contributed by atoms with Crippen LogP contribution in [-0.4, -0.2) is 43.2 Å². The van der Waals surface area contributed by atoms with Crippen LogP contribution in [0.4, 0.5) is 0 Å². The van der Waals surface area contributed by atoms with E-state index in [1.165, 1.54) is 16.7 Å². The number of piperidine rings is 1. The lowest BCUT2D eigenvalue weighted by Gasteiger charge is -2.34. The summed E-state index contributed by atoms with van der Waals surface area (Å²) in [5, 5.41) is 0. The molecule has 0 aromatic heterocycles. The van der Waals surface area contributed by atoms with Crippen LogP contribution in [0.25, 0.3) is 0 Å². The van der Waals surface area contributed by atoms with Crippen molar-refractivity contribution in [1.82, 2.24) is 4.90 Å². The second kappa shape index (κ2) is 11.9. The van der Waals surface area contributed by atoms with Crippen molar-refractivity contribution in [3.63, 3.8) is 0 Å². The van der Waals surface area contributed by atoms with Crippen LogP contribution < -0.4 is 0 Å². The Morgan fingerprint density at radius 1 is 1.00 bits per heavy atom. The first kappa shape index (κ1) is 22.5. The molecule has 0 bridgehead atoms. The topological polar surface area (TPSA) is 38.8 Å². The molecule has 0 amide bonds. The number of benzene rings is 2. The summed E-state index contributed by atoms with van der Waals surface area (Å²) in [5.41, 5.74) is 3.77. The van der Waals surface area contributed by atoms with Crippen LogP contribution >= 0.6 is 0 Å². The molecule has 0 aliphatic carbocycles. The van der Waals surface area contributed by atoms with Gasteiger partial charge in [-0.2, -0.15) is 0 Å². The number of hydrogen-bond donors (Lipinski definition) is 0. The molecule has 1 atom stereocenters. The second-order valence-electron chi connectivity index (χ2n) is 7.97. The Bertz CT molecular complexity index is 752. The van der Waals surface area contributed by atoms with E-state index in [2.05, 4.69) is 66.4 Å². The van der Waals surface area contributed by atoms with Gasteiger partial charge < -0.3 is 14.4 Å². The van der Waals surface area contributed by atoms with Crippen LogP contribution in [0.1, 0.15) is 62.3 Å². The molecule has 162 valence electrons. The predicted molar refractivity (Wildman–Crippen MR) is 121 cm³/mol. The summed E-state index contributed by atoms with van der Waals surface area (Å²) in [7, 11) is 0. The van der Waals surface area contributed by atoms with E-state index in [9.17, 15) is 4.79 Å². The highest BCUT2D eigenvalue weighted by atomic mass is 16.5. The molecule has 4 nitrogen and oxygen atoms in total. The van der Waals surface area contributed by atoms with Gasteiger partial charge in [0.05, 0.1) is 12.7 Å². The number of nitrogens with zero attached hydrogens (tertiary/aromatic N) is 1. The molecule has 1 aliphatic rings. The zero-order valence-electron chi connectivity index (χ0n) is 18.4. The summed E-state index contributed by atoms with van der Waals surface area (Å²) in [4.78, 5) is 13.9. The van der Waals surface area contributed by atoms with Gasteiger partial charge in [-0.05, 0) is 55.8 Å². The number of esters is 1. The summed E-state index contributed by atoms with van der Waals surface area (Å²) in [6.45, 7) is 7.48. The number of likely N-dealkylation sites (tertiary alicyclic amines) is 1. The molecule has 2 aromatic carbocycles. The van der Waals surface area contributed by atoms with Crippen LogP contribution in [0.3, 0.4) is 0 Å². The molecule has 2 aromatic rings. The van der Waals surface area contributed by atoms with E-state index >= 15 is 0 Å². The first-order valence-electron chi connectivity index (χ1n) is 11.4. The van der Waals surface area contributed by atoms with Crippen molar-refractivity contribution < 1.29 is 14.3 Å². The van der Waals surface area contributed by atoms with Crippen LogP contribution in [-0.2, 0) is 20.7 Å². The van der Waals surface area contributed by atoms with Crippen molar-refractivity contribution in [2.75, 3.05) is 26.2 Å². The average molecular weight is 410 g/mol. The number of ether oxygens (including phenoxy) is 2. The molecule has 0 spiro atoms. The number of rotatable bonds is 10. The lowest BCUT2D eigenvalue weighted by Crippen LogP contribution is -2.38. The van der Waals surface area contributed by atoms with Crippen LogP contribution in [0.5, 0.6) is 0 Å². The predicted octanol–water partition coefficient (Wildman–Crippen LogP) is 5.16. The van der Waals surface area contributed by atoms with E-state index < -0.39 is 0 Å². The highest BCUT2D eigenvalue weighted by Crippen LogP contribution is 2.30. The molecule has 0 saturated carbocycles. The molecule has 1 fully saturated rings. The second-order valence-corrected chi connectivity index (χ2v) is 7.97. The van der Waals surface area contributed by atoms with Crippen molar-refractivity contribution in [2.24, 2.45) is 0 Å². The van der Waals surface area contributed by atoms with Crippen molar-refractivity contribution in [2.45, 2.75) is 58.2 Å². The van der Waals surface area contributed by atoms with Gasteiger partial charge in [-0.25, -0.2) is 0 Å². The maximum Gasteiger partial charge on any atom is 0.305 e. The largest absolute Gasteiger partial charge is 0.466 e. The lowest BCUT2D eigenvalue weighted by molar-refractivity contribution is -0.143. The van der Waals surface area contributed by atoms with Crippen LogP contribution in [0.15, 0.2) is 54.6 Å². The summed E-state index contributed by atoms with van der Waals surface area (Å²) < 4.78 is 11.7. The van der Waals surface area contributed by atoms with Gasteiger partial charge >= 0.3 is 5.97 Å². The normalized spacial score (nSPS) is 16.3. The third-order valence-corrected chi connectivity index (χ3v) is 5.82. The standard InChI is InChI=1S/C26H35NO3/c1-3-21-12-14-23(15-13-21)26(22-9-6-5-7-10-22)30-24-16-19-27(20-17-24)18-8-11-25(28)29-4-2/h5-7,9-10,12-15,24,26H,3-4,8,11,16-20H2,1-2H3. The van der Waals surface area contributed by atoms with Crippen molar-refractivity contribution in [3.8, 4) is 0 Å². The van der Waals surface area contributed by atoms with E-state index in [1.807, 2.05) is 6.92 Å². The van der Waals surface area contributed by atoms with E-state index in [4.69, 9.17) is 9.47 Å². The monoisotopic (exact) mass is 409 g/mol. The van der Waals surface area contributed by atoms with Crippen LogP contribution in [0.2, 0.25) is 0 Å². The van der Waals surface area contributed by atoms with Gasteiger partial charge in [-0.3, -0.25) is 4.79 Å². The molecule has 1 unspecified atom stereocenters. The van der Waals surface area contributed by atoms with Gasteiger partial charge in [0, 0.05) is 19.5 Å². The van der Waals surface area contributed by atoms with E-state index in [-0.39, 0.29) is 18.2 Å². The maximum absolute atomic E-state index is 11.5. The molecular weight excluding hydrogens is 374 g/mol. The third-order valence-electron chi connectivity index (χ3n) is 5.82. The number of aryl methyl sites for hydroxylation is 1. The molecular formula is C26H35NO3. The van der Waals surface area contributed by atoms with Gasteiger partial charge in [0.15, 0.2) is 0 Å². The van der Waals surface area contributed by atoms with Gasteiger partial charge in [0.1, 0.15) is 6.10 Å². The summed E-state index contributed by atoms with van der Waals surface area (Å²) in [6, 6.07) is 19.4. The minimum atomic E-state index is -0.0875. The Labute approximate surface area is 181 Å². The van der Waals surface area contributed by atoms with E-state index in [0.29, 0.717) is 13.0 Å². The molecule has 1 saturated heterocycles. The number of hydrogen-bond acceptors (Lipinski definition) is 4. The fourth-order valence-electron chi connectivity index (χ4n) is 4.05. The third kappa shape index (κ3) is 6.68. The minimum absolute atomic E-state index is 0.0301. The van der Waals surface area contributed by atoms with Crippen molar-refractivity contribution in [3.05, 3.63) is 71.3 Å². The SMILES string of the molecule is CCOC(=O)CCCN1CCC(OC(c2ccccc2)c2ccc(CC)cc2)CC1. The van der Waals surface area contributed by atoms with E-state index in [1.54, 1.807) is 0 Å². The average Bonchev–Trinajstić information content (AvgIpc) is 2.79. The quantitative estimate of drug-likeness (QED) is 0.508. The summed E-state index contributed by atoms with van der Waals surface area (Å²) >= 11 is 0. The smallest absolute Gasteiger partial charge is 0.305 e. The molecule has 30 heavy (non-hydrogen) atoms. The maximum atomic E-state index is 11.5. The molecule has 3 rings (SSSR count). The number of carbonyl (C=O) groups is 1.